The van der Waals surface area contributed by atoms with Crippen molar-refractivity contribution in [1.29, 1.82) is 5.26 Å². The first kappa shape index (κ1) is 21.2. The number of carbonyl (C=O) groups is 2. The molecule has 0 aromatic heterocycles. The van der Waals surface area contributed by atoms with Gasteiger partial charge < -0.3 is 14.4 Å². The Hall–Kier alpha value is -4.70. The number of Topliss-reactive ketones (excluding diaryl/α,β-unsaturated/α-hetero) is 1. The number of carbonyl (C=O) groups excluding carboxylic acids is 2. The highest BCUT2D eigenvalue weighted by molar-refractivity contribution is 6.20. The van der Waals surface area contributed by atoms with Crippen LogP contribution in [0.2, 0.25) is 0 Å². The molecule has 0 unspecified atom stereocenters. The number of hydrogen-bond acceptors (Lipinski definition) is 5. The van der Waals surface area contributed by atoms with E-state index >= 15 is 0 Å². The number of ketones is 1. The number of amides is 1. The molecule has 0 spiro atoms. The van der Waals surface area contributed by atoms with Crippen molar-refractivity contribution in [2.75, 3.05) is 11.7 Å². The maximum atomic E-state index is 13.1. The highest BCUT2D eigenvalue weighted by atomic mass is 16.7. The van der Waals surface area contributed by atoms with Crippen molar-refractivity contribution in [3.8, 4) is 17.6 Å². The number of benzene rings is 3. The van der Waals surface area contributed by atoms with Gasteiger partial charge in [-0.3, -0.25) is 9.59 Å². The molecule has 0 fully saturated rings. The Bertz CT molecular complexity index is 1430. The van der Waals surface area contributed by atoms with Crippen LogP contribution in [0, 0.1) is 11.3 Å². The first-order valence-electron chi connectivity index (χ1n) is 10.6. The number of nitriles is 1. The predicted molar refractivity (Wildman–Crippen MR) is 127 cm³/mol. The number of aliphatic imine (C=N–C) groups is 1. The molecule has 3 aromatic rings. The third-order valence-corrected chi connectivity index (χ3v) is 5.67. The van der Waals surface area contributed by atoms with Crippen molar-refractivity contribution in [3.63, 3.8) is 0 Å². The van der Waals surface area contributed by atoms with Gasteiger partial charge in [0.2, 0.25) is 6.79 Å². The van der Waals surface area contributed by atoms with E-state index in [1.165, 1.54) is 13.0 Å². The molecule has 0 saturated carbocycles. The van der Waals surface area contributed by atoms with Gasteiger partial charge in [-0.15, -0.1) is 0 Å². The summed E-state index contributed by atoms with van der Waals surface area (Å²) in [6, 6.07) is 22.0. The second kappa shape index (κ2) is 8.68. The maximum Gasteiger partial charge on any atom is 0.289 e. The number of rotatable bonds is 4. The molecular weight excluding hydrogens is 430 g/mol. The Balaban J connectivity index is 1.53. The fourth-order valence-corrected chi connectivity index (χ4v) is 3.96. The lowest BCUT2D eigenvalue weighted by Crippen LogP contribution is -2.25. The van der Waals surface area contributed by atoms with Crippen molar-refractivity contribution in [2.24, 2.45) is 4.99 Å². The van der Waals surface area contributed by atoms with Crippen LogP contribution in [-0.4, -0.2) is 24.3 Å². The van der Waals surface area contributed by atoms with Gasteiger partial charge in [0, 0.05) is 16.8 Å². The number of fused-ring (bicyclic) bond motifs is 2. The normalized spacial score (nSPS) is 15.2. The van der Waals surface area contributed by atoms with Crippen LogP contribution in [0.15, 0.2) is 77.3 Å². The fraction of sp³-hybridized carbons (Fsp3) is 0.111. The minimum atomic E-state index is -0.653. The van der Waals surface area contributed by atoms with Gasteiger partial charge in [-0.2, -0.15) is 10.3 Å². The van der Waals surface area contributed by atoms with Crippen LogP contribution >= 0.6 is 0 Å². The summed E-state index contributed by atoms with van der Waals surface area (Å²) >= 11 is 0. The van der Waals surface area contributed by atoms with Crippen LogP contribution in [0.3, 0.4) is 0 Å². The summed E-state index contributed by atoms with van der Waals surface area (Å²) in [6.45, 7) is 2.15. The second-order valence-electron chi connectivity index (χ2n) is 7.87. The molecule has 2 aliphatic heterocycles. The SMILES string of the molecule is CC(=O)c1cccc(N2Cc3ccccc3C2=NC(=O)/C(C#N)=C/c2ccc3c(c2)OCO3)c1. The van der Waals surface area contributed by atoms with E-state index in [1.807, 2.05) is 41.3 Å². The number of nitrogens with zero attached hydrogens (tertiary/aromatic N) is 3. The van der Waals surface area contributed by atoms with Gasteiger partial charge >= 0.3 is 0 Å². The summed E-state index contributed by atoms with van der Waals surface area (Å²) in [7, 11) is 0. The van der Waals surface area contributed by atoms with Gasteiger partial charge in [0.1, 0.15) is 17.5 Å². The Morgan fingerprint density at radius 2 is 1.85 bits per heavy atom. The van der Waals surface area contributed by atoms with Crippen LogP contribution in [0.25, 0.3) is 6.08 Å². The fourth-order valence-electron chi connectivity index (χ4n) is 3.96. The number of ether oxygens (including phenoxy) is 2. The third kappa shape index (κ3) is 3.93. The van der Waals surface area contributed by atoms with E-state index in [2.05, 4.69) is 4.99 Å². The molecule has 5 rings (SSSR count). The van der Waals surface area contributed by atoms with Crippen molar-refractivity contribution < 1.29 is 19.1 Å². The summed E-state index contributed by atoms with van der Waals surface area (Å²) in [6.07, 6.45) is 1.48. The average molecular weight is 449 g/mol. The summed E-state index contributed by atoms with van der Waals surface area (Å²) < 4.78 is 10.7. The molecule has 166 valence electrons. The Morgan fingerprint density at radius 3 is 2.68 bits per heavy atom. The monoisotopic (exact) mass is 449 g/mol. The molecule has 1 amide bonds. The maximum absolute atomic E-state index is 13.1. The Kier molecular flexibility index (Phi) is 5.40. The Labute approximate surface area is 196 Å². The molecule has 0 bridgehead atoms. The van der Waals surface area contributed by atoms with E-state index in [-0.39, 0.29) is 18.1 Å². The molecule has 2 aliphatic rings. The molecule has 0 atom stereocenters. The highest BCUT2D eigenvalue weighted by Gasteiger charge is 2.28. The molecule has 7 heteroatoms. The zero-order valence-corrected chi connectivity index (χ0v) is 18.3. The standard InChI is InChI=1S/C27H19N3O4/c1-17(31)19-6-4-7-22(13-19)30-15-20-5-2-3-8-23(20)26(30)29-27(32)21(14-28)11-18-9-10-24-25(12-18)34-16-33-24/h2-13H,15-16H2,1H3/b21-11+,29-26?. The van der Waals surface area contributed by atoms with Crippen LogP contribution in [0.1, 0.15) is 34.0 Å². The molecular formula is C27H19N3O4. The molecule has 34 heavy (non-hydrogen) atoms. The molecule has 0 radical (unpaired) electrons. The largest absolute Gasteiger partial charge is 0.454 e. The van der Waals surface area contributed by atoms with Gasteiger partial charge in [-0.25, -0.2) is 0 Å². The molecule has 0 N–H and O–H groups in total. The molecule has 7 nitrogen and oxygen atoms in total. The van der Waals surface area contributed by atoms with Crippen molar-refractivity contribution in [2.45, 2.75) is 13.5 Å². The summed E-state index contributed by atoms with van der Waals surface area (Å²) in [5.74, 6) is 0.915. The first-order valence-corrected chi connectivity index (χ1v) is 10.6. The van der Waals surface area contributed by atoms with Crippen molar-refractivity contribution in [3.05, 3.63) is 94.6 Å². The quantitative estimate of drug-likeness (QED) is 0.330. The topological polar surface area (TPSA) is 92.0 Å². The third-order valence-electron chi connectivity index (χ3n) is 5.67. The van der Waals surface area contributed by atoms with Crippen molar-refractivity contribution in [1.82, 2.24) is 0 Å². The lowest BCUT2D eigenvalue weighted by Gasteiger charge is -2.19. The lowest BCUT2D eigenvalue weighted by molar-refractivity contribution is -0.113. The van der Waals surface area contributed by atoms with Gasteiger partial charge in [0.05, 0.1) is 6.54 Å². The predicted octanol–water partition coefficient (Wildman–Crippen LogP) is 4.52. The van der Waals surface area contributed by atoms with Crippen LogP contribution < -0.4 is 14.4 Å². The van der Waals surface area contributed by atoms with Gasteiger partial charge in [0.15, 0.2) is 17.3 Å². The Morgan fingerprint density at radius 1 is 1.03 bits per heavy atom. The van der Waals surface area contributed by atoms with Gasteiger partial charge in [-0.1, -0.05) is 42.5 Å². The lowest BCUT2D eigenvalue weighted by atomic mass is 10.1. The highest BCUT2D eigenvalue weighted by Crippen LogP contribution is 2.33. The summed E-state index contributed by atoms with van der Waals surface area (Å²) in [5, 5.41) is 9.69. The van der Waals surface area contributed by atoms with Gasteiger partial charge in [-0.05, 0) is 48.4 Å². The summed E-state index contributed by atoms with van der Waals surface area (Å²) in [4.78, 5) is 31.3. The minimum Gasteiger partial charge on any atom is -0.454 e. The van der Waals surface area contributed by atoms with Crippen LogP contribution in [0.4, 0.5) is 5.69 Å². The van der Waals surface area contributed by atoms with E-state index < -0.39 is 5.91 Å². The molecule has 3 aromatic carbocycles. The zero-order chi connectivity index (χ0) is 23.7. The zero-order valence-electron chi connectivity index (χ0n) is 18.3. The first-order chi connectivity index (χ1) is 16.5. The molecule has 2 heterocycles. The van der Waals surface area contributed by atoms with E-state index in [4.69, 9.17) is 9.47 Å². The van der Waals surface area contributed by atoms with Crippen LogP contribution in [0.5, 0.6) is 11.5 Å². The smallest absolute Gasteiger partial charge is 0.289 e. The van der Waals surface area contributed by atoms with E-state index in [1.54, 1.807) is 36.4 Å². The van der Waals surface area contributed by atoms with E-state index in [9.17, 15) is 14.9 Å². The number of hydrogen-bond donors (Lipinski definition) is 0. The van der Waals surface area contributed by atoms with E-state index in [0.29, 0.717) is 35.0 Å². The number of anilines is 1. The molecule has 0 aliphatic carbocycles. The molecule has 0 saturated heterocycles. The van der Waals surface area contributed by atoms with Crippen molar-refractivity contribution >= 4 is 29.3 Å². The average Bonchev–Trinajstić information content (AvgIpc) is 3.47. The van der Waals surface area contributed by atoms with Gasteiger partial charge in [0.25, 0.3) is 5.91 Å². The van der Waals surface area contributed by atoms with E-state index in [0.717, 1.165) is 16.8 Å². The number of amidine groups is 1. The minimum absolute atomic E-state index is 0.0495. The second-order valence-corrected chi connectivity index (χ2v) is 7.87. The summed E-state index contributed by atoms with van der Waals surface area (Å²) in [5.41, 5.74) is 3.65. The van der Waals surface area contributed by atoms with Crippen LogP contribution in [-0.2, 0) is 11.3 Å².